The van der Waals surface area contributed by atoms with E-state index in [9.17, 15) is 9.18 Å². The highest BCUT2D eigenvalue weighted by Gasteiger charge is 2.44. The summed E-state index contributed by atoms with van der Waals surface area (Å²) in [6.07, 6.45) is 4.10. The van der Waals surface area contributed by atoms with Crippen molar-refractivity contribution in [2.24, 2.45) is 0 Å². The minimum atomic E-state index is -0.231. The molecule has 2 aliphatic heterocycles. The Labute approximate surface area is 170 Å². The number of carbonyl (C=O) groups is 1. The monoisotopic (exact) mass is 399 g/mol. The summed E-state index contributed by atoms with van der Waals surface area (Å²) in [4.78, 5) is 20.9. The third kappa shape index (κ3) is 4.05. The van der Waals surface area contributed by atoms with Gasteiger partial charge in [-0.2, -0.15) is 0 Å². The molecular formula is C22H26FN3O3. The summed E-state index contributed by atoms with van der Waals surface area (Å²) in [7, 11) is 3.58. The number of nitrogens with zero attached hydrogens (tertiary/aromatic N) is 3. The molecule has 6 nitrogen and oxygen atoms in total. The number of hydrogen-bond donors (Lipinski definition) is 0. The van der Waals surface area contributed by atoms with Gasteiger partial charge >= 0.3 is 0 Å². The maximum absolute atomic E-state index is 13.2. The third-order valence-corrected chi connectivity index (χ3v) is 6.13. The van der Waals surface area contributed by atoms with Crippen LogP contribution < -0.4 is 9.64 Å². The summed E-state index contributed by atoms with van der Waals surface area (Å²) >= 11 is 0. The molecule has 0 saturated carbocycles. The van der Waals surface area contributed by atoms with E-state index in [1.807, 2.05) is 11.9 Å². The van der Waals surface area contributed by atoms with Crippen LogP contribution in [0.1, 0.15) is 29.6 Å². The molecule has 154 valence electrons. The van der Waals surface area contributed by atoms with Crippen LogP contribution in [0, 0.1) is 5.82 Å². The molecule has 4 rings (SSSR count). The summed E-state index contributed by atoms with van der Waals surface area (Å²) in [6.45, 7) is 1.97. The third-order valence-electron chi connectivity index (χ3n) is 6.13. The lowest BCUT2D eigenvalue weighted by atomic mass is 9.87. The van der Waals surface area contributed by atoms with Crippen molar-refractivity contribution in [2.75, 3.05) is 38.8 Å². The molecule has 1 spiro atoms. The number of ether oxygens (including phenoxy) is 2. The van der Waals surface area contributed by atoms with Crippen LogP contribution in [0.15, 0.2) is 42.6 Å². The van der Waals surface area contributed by atoms with Crippen molar-refractivity contribution in [3.63, 3.8) is 0 Å². The first kappa shape index (κ1) is 19.6. The fourth-order valence-electron chi connectivity index (χ4n) is 4.23. The van der Waals surface area contributed by atoms with E-state index >= 15 is 0 Å². The molecule has 2 aliphatic rings. The topological polar surface area (TPSA) is 54.9 Å². The SMILES string of the molecule is COc1ccc(C(=O)N2CCC3(CC2)CC(N(C)c2ccc(F)cc2)CO3)cn1. The van der Waals surface area contributed by atoms with E-state index < -0.39 is 0 Å². The molecule has 7 heteroatoms. The number of carbonyl (C=O) groups excluding carboxylic acids is 1. The summed E-state index contributed by atoms with van der Waals surface area (Å²) in [5, 5.41) is 0. The van der Waals surface area contributed by atoms with Crippen LogP contribution in [-0.4, -0.2) is 61.3 Å². The number of hydrogen-bond acceptors (Lipinski definition) is 5. The Bertz CT molecular complexity index is 849. The van der Waals surface area contributed by atoms with Crippen molar-refractivity contribution in [1.82, 2.24) is 9.88 Å². The van der Waals surface area contributed by atoms with E-state index in [1.165, 1.54) is 12.1 Å². The lowest BCUT2D eigenvalue weighted by Crippen LogP contribution is -2.47. The molecule has 1 unspecified atom stereocenters. The summed E-state index contributed by atoms with van der Waals surface area (Å²) in [5.74, 6) is 0.258. The van der Waals surface area contributed by atoms with Crippen LogP contribution in [0.2, 0.25) is 0 Å². The minimum absolute atomic E-state index is 0.00650. The Balaban J connectivity index is 1.35. The number of benzene rings is 1. The highest BCUT2D eigenvalue weighted by atomic mass is 19.1. The van der Waals surface area contributed by atoms with Crippen LogP contribution in [-0.2, 0) is 4.74 Å². The molecule has 1 aromatic carbocycles. The van der Waals surface area contributed by atoms with E-state index in [0.29, 0.717) is 31.1 Å². The van der Waals surface area contributed by atoms with E-state index in [-0.39, 0.29) is 23.4 Å². The predicted octanol–water partition coefficient (Wildman–Crippen LogP) is 3.13. The highest BCUT2D eigenvalue weighted by molar-refractivity contribution is 5.94. The molecule has 2 fully saturated rings. The van der Waals surface area contributed by atoms with Crippen LogP contribution in [0.4, 0.5) is 10.1 Å². The molecule has 1 atom stereocenters. The first-order valence-electron chi connectivity index (χ1n) is 9.91. The molecule has 2 saturated heterocycles. The van der Waals surface area contributed by atoms with Gasteiger partial charge in [0.15, 0.2) is 0 Å². The van der Waals surface area contributed by atoms with Gasteiger partial charge in [-0.3, -0.25) is 4.79 Å². The number of amides is 1. The minimum Gasteiger partial charge on any atom is -0.481 e. The fourth-order valence-corrected chi connectivity index (χ4v) is 4.23. The number of likely N-dealkylation sites (tertiary alicyclic amines) is 1. The fraction of sp³-hybridized carbons (Fsp3) is 0.455. The van der Waals surface area contributed by atoms with Crippen molar-refractivity contribution >= 4 is 11.6 Å². The predicted molar refractivity (Wildman–Crippen MR) is 108 cm³/mol. The Morgan fingerprint density at radius 1 is 1.24 bits per heavy atom. The molecule has 0 aliphatic carbocycles. The average Bonchev–Trinajstić information content (AvgIpc) is 3.17. The van der Waals surface area contributed by atoms with Gasteiger partial charge in [0.25, 0.3) is 5.91 Å². The maximum atomic E-state index is 13.2. The molecule has 1 amide bonds. The van der Waals surface area contributed by atoms with Crippen molar-refractivity contribution in [1.29, 1.82) is 0 Å². The Hall–Kier alpha value is -2.67. The quantitative estimate of drug-likeness (QED) is 0.791. The highest BCUT2D eigenvalue weighted by Crippen LogP contribution is 2.38. The lowest BCUT2D eigenvalue weighted by molar-refractivity contribution is -0.0388. The molecular weight excluding hydrogens is 373 g/mol. The number of piperidine rings is 1. The van der Waals surface area contributed by atoms with Gasteiger partial charge in [-0.05, 0) is 49.6 Å². The summed E-state index contributed by atoms with van der Waals surface area (Å²) in [5.41, 5.74) is 1.37. The van der Waals surface area contributed by atoms with Gasteiger partial charge in [0, 0.05) is 38.1 Å². The Kier molecular flexibility index (Phi) is 5.41. The van der Waals surface area contributed by atoms with E-state index in [1.54, 1.807) is 37.6 Å². The van der Waals surface area contributed by atoms with Crippen molar-refractivity contribution < 1.29 is 18.7 Å². The van der Waals surface area contributed by atoms with Gasteiger partial charge in [0.05, 0.1) is 30.9 Å². The number of likely N-dealkylation sites (N-methyl/N-ethyl adjacent to an activating group) is 1. The number of aromatic nitrogens is 1. The molecule has 0 N–H and O–H groups in total. The Morgan fingerprint density at radius 3 is 2.59 bits per heavy atom. The lowest BCUT2D eigenvalue weighted by Gasteiger charge is -2.39. The zero-order valence-electron chi connectivity index (χ0n) is 16.8. The summed E-state index contributed by atoms with van der Waals surface area (Å²) < 4.78 is 24.5. The smallest absolute Gasteiger partial charge is 0.255 e. The van der Waals surface area contributed by atoms with Gasteiger partial charge in [0.2, 0.25) is 5.88 Å². The molecule has 2 aromatic rings. The first-order valence-corrected chi connectivity index (χ1v) is 9.91. The number of halogens is 1. The maximum Gasteiger partial charge on any atom is 0.255 e. The largest absolute Gasteiger partial charge is 0.481 e. The van der Waals surface area contributed by atoms with E-state index in [4.69, 9.17) is 9.47 Å². The Morgan fingerprint density at radius 2 is 1.97 bits per heavy atom. The molecule has 0 radical (unpaired) electrons. The van der Waals surface area contributed by atoms with Gasteiger partial charge in [-0.25, -0.2) is 9.37 Å². The summed E-state index contributed by atoms with van der Waals surface area (Å²) in [6, 6.07) is 10.3. The number of anilines is 1. The van der Waals surface area contributed by atoms with Crippen LogP contribution >= 0.6 is 0 Å². The van der Waals surface area contributed by atoms with Crippen molar-refractivity contribution in [2.45, 2.75) is 30.9 Å². The molecule has 0 bridgehead atoms. The molecule has 3 heterocycles. The second-order valence-corrected chi connectivity index (χ2v) is 7.82. The standard InChI is InChI=1S/C22H26FN3O3/c1-25(18-6-4-17(23)5-7-18)19-13-22(29-15-19)9-11-26(12-10-22)21(27)16-3-8-20(28-2)24-14-16/h3-8,14,19H,9-13,15H2,1-2H3. The van der Waals surface area contributed by atoms with Gasteiger partial charge in [-0.1, -0.05) is 0 Å². The second kappa shape index (κ2) is 7.99. The van der Waals surface area contributed by atoms with Crippen molar-refractivity contribution in [3.8, 4) is 5.88 Å². The van der Waals surface area contributed by atoms with Gasteiger partial charge < -0.3 is 19.3 Å². The number of pyridine rings is 1. The van der Waals surface area contributed by atoms with Crippen LogP contribution in [0.5, 0.6) is 5.88 Å². The van der Waals surface area contributed by atoms with Gasteiger partial charge in [0.1, 0.15) is 5.82 Å². The number of methoxy groups -OCH3 is 1. The zero-order chi connectivity index (χ0) is 20.4. The van der Waals surface area contributed by atoms with Crippen LogP contribution in [0.3, 0.4) is 0 Å². The number of rotatable bonds is 4. The van der Waals surface area contributed by atoms with Gasteiger partial charge in [-0.15, -0.1) is 0 Å². The molecule has 29 heavy (non-hydrogen) atoms. The first-order chi connectivity index (χ1) is 14.0. The average molecular weight is 399 g/mol. The van der Waals surface area contributed by atoms with E-state index in [0.717, 1.165) is 24.9 Å². The zero-order valence-corrected chi connectivity index (χ0v) is 16.8. The van der Waals surface area contributed by atoms with Crippen LogP contribution in [0.25, 0.3) is 0 Å². The normalized spacial score (nSPS) is 20.7. The second-order valence-electron chi connectivity index (χ2n) is 7.82. The van der Waals surface area contributed by atoms with Crippen molar-refractivity contribution in [3.05, 3.63) is 54.0 Å². The molecule has 1 aromatic heterocycles. The van der Waals surface area contributed by atoms with E-state index in [2.05, 4.69) is 9.88 Å².